The Labute approximate surface area is 252 Å². The Hall–Kier alpha value is -4.65. The SMILES string of the molecule is CN.COc1cc(C=O)cc(N)c1NC/C=C/CNc1c(N)cc(C(N)=O)cc1OCCC1CN(C(=O)OC(C)(C)C)C1. The molecule has 1 aliphatic rings. The smallest absolute Gasteiger partial charge is 0.410 e. The van der Waals surface area contributed by atoms with Crippen molar-refractivity contribution < 1.29 is 28.6 Å². The Morgan fingerprint density at radius 2 is 1.56 bits per heavy atom. The first-order valence-electron chi connectivity index (χ1n) is 13.9. The largest absolute Gasteiger partial charge is 0.494 e. The molecule has 0 aromatic heterocycles. The van der Waals surface area contributed by atoms with Crippen LogP contribution in [0.1, 0.15) is 47.9 Å². The predicted molar refractivity (Wildman–Crippen MR) is 170 cm³/mol. The van der Waals surface area contributed by atoms with Gasteiger partial charge < -0.3 is 52.7 Å². The van der Waals surface area contributed by atoms with Gasteiger partial charge in [-0.05, 0) is 64.4 Å². The number of amides is 2. The predicted octanol–water partition coefficient (Wildman–Crippen LogP) is 3.06. The zero-order valence-electron chi connectivity index (χ0n) is 25.6. The number of carbonyl (C=O) groups excluding carboxylic acids is 3. The highest BCUT2D eigenvalue weighted by atomic mass is 16.6. The van der Waals surface area contributed by atoms with Crippen LogP contribution in [0.2, 0.25) is 0 Å². The molecule has 13 nitrogen and oxygen atoms in total. The summed E-state index contributed by atoms with van der Waals surface area (Å²) in [6.07, 6.45) is 4.89. The molecule has 2 amide bonds. The van der Waals surface area contributed by atoms with Gasteiger partial charge in [0.2, 0.25) is 5.91 Å². The molecule has 43 heavy (non-hydrogen) atoms. The summed E-state index contributed by atoms with van der Waals surface area (Å²) in [5.41, 5.74) is 24.3. The number of aldehydes is 1. The maximum absolute atomic E-state index is 12.1. The number of methoxy groups -OCH3 is 1. The maximum Gasteiger partial charge on any atom is 0.410 e. The molecule has 0 bridgehead atoms. The highest BCUT2D eigenvalue weighted by Crippen LogP contribution is 2.34. The van der Waals surface area contributed by atoms with E-state index < -0.39 is 11.5 Å². The van der Waals surface area contributed by atoms with E-state index in [1.54, 1.807) is 23.1 Å². The van der Waals surface area contributed by atoms with Gasteiger partial charge in [-0.1, -0.05) is 12.2 Å². The van der Waals surface area contributed by atoms with Gasteiger partial charge in [-0.2, -0.15) is 0 Å². The van der Waals surface area contributed by atoms with Crippen LogP contribution in [-0.4, -0.2) is 75.7 Å². The van der Waals surface area contributed by atoms with Gasteiger partial charge in [0.15, 0.2) is 0 Å². The summed E-state index contributed by atoms with van der Waals surface area (Å²) in [4.78, 5) is 36.7. The first-order valence-corrected chi connectivity index (χ1v) is 13.9. The normalized spacial score (nSPS) is 12.9. The lowest BCUT2D eigenvalue weighted by Gasteiger charge is -2.39. The van der Waals surface area contributed by atoms with Crippen LogP contribution < -0.4 is 43.0 Å². The van der Waals surface area contributed by atoms with Gasteiger partial charge in [0.25, 0.3) is 0 Å². The van der Waals surface area contributed by atoms with Crippen molar-refractivity contribution in [2.45, 2.75) is 32.8 Å². The Bertz CT molecular complexity index is 1290. The molecule has 2 aromatic carbocycles. The fourth-order valence-corrected chi connectivity index (χ4v) is 4.21. The average molecular weight is 600 g/mol. The highest BCUT2D eigenvalue weighted by Gasteiger charge is 2.33. The van der Waals surface area contributed by atoms with E-state index >= 15 is 0 Å². The summed E-state index contributed by atoms with van der Waals surface area (Å²) >= 11 is 0. The zero-order valence-corrected chi connectivity index (χ0v) is 25.6. The molecule has 1 aliphatic heterocycles. The number of nitrogens with two attached hydrogens (primary N) is 4. The molecule has 1 fully saturated rings. The van der Waals surface area contributed by atoms with Gasteiger partial charge in [-0.15, -0.1) is 0 Å². The van der Waals surface area contributed by atoms with Crippen LogP contribution in [0.3, 0.4) is 0 Å². The number of nitrogens with zero attached hydrogens (tertiary/aromatic N) is 1. The lowest BCUT2D eigenvalue weighted by atomic mass is 9.97. The van der Waals surface area contributed by atoms with E-state index in [2.05, 4.69) is 16.4 Å². The third-order valence-corrected chi connectivity index (χ3v) is 6.28. The van der Waals surface area contributed by atoms with E-state index in [1.807, 2.05) is 32.9 Å². The van der Waals surface area contributed by atoms with Crippen molar-refractivity contribution in [1.82, 2.24) is 4.90 Å². The maximum atomic E-state index is 12.1. The van der Waals surface area contributed by atoms with Crippen molar-refractivity contribution in [1.29, 1.82) is 0 Å². The summed E-state index contributed by atoms with van der Waals surface area (Å²) in [5.74, 6) is 0.568. The standard InChI is InChI=1S/C29H40N6O6.CH5N/c1-29(2,3)41-28(38)35-15-18(16-35)7-10-40-24-14-20(27(32)37)13-22(31)26(24)34-9-6-5-8-33-25-21(30)11-19(17-36)12-23(25)39-4;1-2/h5-6,11-14,17-18,33-34H,7-10,15-16,30-31H2,1-4H3,(H2,32,37);2H2,1H3/b6-5+;. The van der Waals surface area contributed by atoms with E-state index in [9.17, 15) is 14.4 Å². The van der Waals surface area contributed by atoms with Crippen molar-refractivity contribution in [2.24, 2.45) is 17.4 Å². The lowest BCUT2D eigenvalue weighted by molar-refractivity contribution is -0.00383. The quantitative estimate of drug-likeness (QED) is 0.112. The molecule has 236 valence electrons. The van der Waals surface area contributed by atoms with E-state index in [1.165, 1.54) is 20.2 Å². The minimum atomic E-state index is -0.609. The van der Waals surface area contributed by atoms with Crippen molar-refractivity contribution in [2.75, 3.05) is 69.0 Å². The number of nitrogen functional groups attached to an aromatic ring is 2. The summed E-state index contributed by atoms with van der Waals surface area (Å²) in [5, 5.41) is 6.41. The molecule has 1 saturated heterocycles. The number of hydrogen-bond donors (Lipinski definition) is 6. The van der Waals surface area contributed by atoms with E-state index in [4.69, 9.17) is 31.4 Å². The van der Waals surface area contributed by atoms with Crippen molar-refractivity contribution in [3.8, 4) is 11.5 Å². The number of ether oxygens (including phenoxy) is 3. The fraction of sp³-hybridized carbons (Fsp3) is 0.433. The molecule has 13 heteroatoms. The molecule has 0 saturated carbocycles. The van der Waals surface area contributed by atoms with E-state index in [-0.39, 0.29) is 17.6 Å². The van der Waals surface area contributed by atoms with Crippen molar-refractivity contribution >= 4 is 41.0 Å². The van der Waals surface area contributed by atoms with Gasteiger partial charge >= 0.3 is 6.09 Å². The Kier molecular flexibility index (Phi) is 12.9. The number of hydrogen-bond acceptors (Lipinski definition) is 11. The second-order valence-corrected chi connectivity index (χ2v) is 10.7. The Morgan fingerprint density at radius 1 is 0.977 bits per heavy atom. The summed E-state index contributed by atoms with van der Waals surface area (Å²) < 4.78 is 16.7. The zero-order chi connectivity index (χ0) is 32.2. The topological polar surface area (TPSA) is 210 Å². The monoisotopic (exact) mass is 599 g/mol. The van der Waals surface area contributed by atoms with Gasteiger partial charge in [-0.3, -0.25) is 9.59 Å². The van der Waals surface area contributed by atoms with Crippen LogP contribution in [0.4, 0.5) is 27.5 Å². The Balaban J connectivity index is 0.00000316. The molecule has 1 heterocycles. The highest BCUT2D eigenvalue weighted by molar-refractivity contribution is 5.96. The van der Waals surface area contributed by atoms with Crippen LogP contribution >= 0.6 is 0 Å². The summed E-state index contributed by atoms with van der Waals surface area (Å²) in [6, 6.07) is 6.26. The number of rotatable bonds is 13. The molecule has 0 spiro atoms. The van der Waals surface area contributed by atoms with Crippen LogP contribution in [0.5, 0.6) is 11.5 Å². The summed E-state index contributed by atoms with van der Waals surface area (Å²) in [7, 11) is 3.01. The molecule has 0 aliphatic carbocycles. The fourth-order valence-electron chi connectivity index (χ4n) is 4.21. The van der Waals surface area contributed by atoms with Crippen LogP contribution in [0.15, 0.2) is 36.4 Å². The molecular weight excluding hydrogens is 554 g/mol. The van der Waals surface area contributed by atoms with Gasteiger partial charge in [0, 0.05) is 37.3 Å². The van der Waals surface area contributed by atoms with Gasteiger partial charge in [-0.25, -0.2) is 4.79 Å². The second-order valence-electron chi connectivity index (χ2n) is 10.7. The third kappa shape index (κ3) is 10.3. The lowest BCUT2D eigenvalue weighted by Crippen LogP contribution is -2.51. The van der Waals surface area contributed by atoms with Gasteiger partial charge in [0.1, 0.15) is 34.8 Å². The molecule has 3 rings (SSSR count). The first kappa shape index (κ1) is 34.6. The van der Waals surface area contributed by atoms with Gasteiger partial charge in [0.05, 0.1) is 25.1 Å². The first-order chi connectivity index (χ1) is 20.4. The van der Waals surface area contributed by atoms with E-state index in [0.717, 1.165) is 0 Å². The number of primary amides is 1. The average Bonchev–Trinajstić information content (AvgIpc) is 2.92. The number of likely N-dealkylation sites (tertiary alicyclic amines) is 1. The summed E-state index contributed by atoms with van der Waals surface area (Å²) in [6.45, 7) is 7.95. The molecule has 10 N–H and O–H groups in total. The third-order valence-electron chi connectivity index (χ3n) is 6.28. The van der Waals surface area contributed by atoms with Crippen LogP contribution in [-0.2, 0) is 4.74 Å². The van der Waals surface area contributed by atoms with Crippen LogP contribution in [0, 0.1) is 5.92 Å². The Morgan fingerprint density at radius 3 is 2.09 bits per heavy atom. The van der Waals surface area contributed by atoms with Crippen molar-refractivity contribution in [3.63, 3.8) is 0 Å². The van der Waals surface area contributed by atoms with Crippen LogP contribution in [0.25, 0.3) is 0 Å². The number of anilines is 4. The minimum absolute atomic E-state index is 0.245. The molecule has 0 radical (unpaired) electrons. The molecule has 2 aromatic rings. The molecule has 0 atom stereocenters. The van der Waals surface area contributed by atoms with E-state index in [0.29, 0.717) is 85.3 Å². The number of nitrogens with one attached hydrogen (secondary N) is 2. The number of benzene rings is 2. The molecular formula is C30H45N7O6. The minimum Gasteiger partial charge on any atom is -0.494 e. The second kappa shape index (κ2) is 16.1. The molecule has 0 unspecified atom stereocenters. The van der Waals surface area contributed by atoms with Crippen molar-refractivity contribution in [3.05, 3.63) is 47.5 Å². The number of carbonyl (C=O) groups is 3.